The van der Waals surface area contributed by atoms with Gasteiger partial charge in [-0.3, -0.25) is 4.57 Å². The van der Waals surface area contributed by atoms with Gasteiger partial charge in [-0.05, 0) is 48.0 Å². The van der Waals surface area contributed by atoms with Gasteiger partial charge in [0.25, 0.3) is 0 Å². The van der Waals surface area contributed by atoms with Crippen molar-refractivity contribution >= 4 is 33.7 Å². The molecule has 0 radical (unpaired) electrons. The van der Waals surface area contributed by atoms with Gasteiger partial charge >= 0.3 is 0 Å². The minimum Gasteiger partial charge on any atom is -0.495 e. The average molecular weight is 375 g/mol. The molecule has 6 heteroatoms. The number of fused-ring (bicyclic) bond motifs is 2. The van der Waals surface area contributed by atoms with Gasteiger partial charge in [-0.25, -0.2) is 9.97 Å². The fourth-order valence-corrected chi connectivity index (χ4v) is 3.44. The van der Waals surface area contributed by atoms with Crippen molar-refractivity contribution < 1.29 is 4.74 Å². The van der Waals surface area contributed by atoms with Crippen molar-refractivity contribution in [1.29, 1.82) is 0 Å². The predicted molar refractivity (Wildman–Crippen MR) is 108 cm³/mol. The molecule has 5 rings (SSSR count). The van der Waals surface area contributed by atoms with Gasteiger partial charge in [0.05, 0.1) is 24.3 Å². The number of methoxy groups -OCH3 is 1. The summed E-state index contributed by atoms with van der Waals surface area (Å²) in [4.78, 5) is 12.2. The first-order valence-corrected chi connectivity index (χ1v) is 8.85. The molecule has 0 saturated heterocycles. The number of pyridine rings is 1. The van der Waals surface area contributed by atoms with Gasteiger partial charge in [0.1, 0.15) is 17.7 Å². The highest BCUT2D eigenvalue weighted by molar-refractivity contribution is 6.30. The van der Waals surface area contributed by atoms with Crippen LogP contribution in [0, 0.1) is 0 Å². The summed E-state index contributed by atoms with van der Waals surface area (Å²) in [7, 11) is 1.64. The molecule has 2 aromatic carbocycles. The molecule has 0 aliphatic carbocycles. The summed E-state index contributed by atoms with van der Waals surface area (Å²) in [5.41, 5.74) is 5.96. The maximum atomic E-state index is 6.02. The molecule has 27 heavy (non-hydrogen) atoms. The number of nitrogens with zero attached hydrogens (tertiary/aromatic N) is 3. The predicted octanol–water partition coefficient (Wildman–Crippen LogP) is 5.23. The lowest BCUT2D eigenvalue weighted by Gasteiger charge is -2.06. The van der Waals surface area contributed by atoms with Crippen LogP contribution in [0.5, 0.6) is 5.75 Å². The molecule has 0 spiro atoms. The third-order valence-electron chi connectivity index (χ3n) is 4.70. The number of hydrogen-bond donors (Lipinski definition) is 1. The second-order valence-electron chi connectivity index (χ2n) is 6.27. The Balaban J connectivity index is 1.69. The number of aromatic amines is 1. The Kier molecular flexibility index (Phi) is 3.62. The number of imidazole rings is 1. The summed E-state index contributed by atoms with van der Waals surface area (Å²) in [6.07, 6.45) is 5.51. The average Bonchev–Trinajstić information content (AvgIpc) is 3.31. The molecule has 0 aliphatic heterocycles. The Morgan fingerprint density at radius 1 is 1.04 bits per heavy atom. The minimum absolute atomic E-state index is 0.712. The van der Waals surface area contributed by atoms with Crippen molar-refractivity contribution in [3.63, 3.8) is 0 Å². The number of halogens is 1. The van der Waals surface area contributed by atoms with Crippen molar-refractivity contribution in [3.8, 4) is 22.6 Å². The van der Waals surface area contributed by atoms with Crippen LogP contribution in [0.1, 0.15) is 0 Å². The van der Waals surface area contributed by atoms with Crippen molar-refractivity contribution in [1.82, 2.24) is 19.5 Å². The fraction of sp³-hybridized carbons (Fsp3) is 0.0476. The van der Waals surface area contributed by atoms with Crippen LogP contribution in [0.2, 0.25) is 5.02 Å². The standard InChI is InChI=1S/C21H15ClN4O/c1-27-16-9-17-18(11-24-21(17)23-10-16)13-2-7-19-20(8-13)26(12-25-19)15-5-3-14(22)4-6-15/h2-12H,1H3,(H,23,24). The molecule has 3 aromatic heterocycles. The molecule has 0 bridgehead atoms. The Morgan fingerprint density at radius 3 is 2.70 bits per heavy atom. The highest BCUT2D eigenvalue weighted by atomic mass is 35.5. The van der Waals surface area contributed by atoms with E-state index in [0.29, 0.717) is 5.02 Å². The van der Waals surface area contributed by atoms with E-state index in [1.54, 1.807) is 13.3 Å². The smallest absolute Gasteiger partial charge is 0.138 e. The van der Waals surface area contributed by atoms with Gasteiger partial charge < -0.3 is 9.72 Å². The second-order valence-corrected chi connectivity index (χ2v) is 6.70. The lowest BCUT2D eigenvalue weighted by Crippen LogP contribution is -1.91. The molecule has 3 heterocycles. The summed E-state index contributed by atoms with van der Waals surface area (Å²) >= 11 is 6.02. The first-order valence-electron chi connectivity index (χ1n) is 8.47. The van der Waals surface area contributed by atoms with Crippen molar-refractivity contribution in [2.45, 2.75) is 0 Å². The summed E-state index contributed by atoms with van der Waals surface area (Å²) in [6, 6.07) is 16.0. The molecule has 132 valence electrons. The monoisotopic (exact) mass is 374 g/mol. The van der Waals surface area contributed by atoms with Gasteiger partial charge in [-0.15, -0.1) is 0 Å². The van der Waals surface area contributed by atoms with Crippen LogP contribution in [-0.2, 0) is 0 Å². The SMILES string of the molecule is COc1cnc2[nH]cc(-c3ccc4ncn(-c5ccc(Cl)cc5)c4c3)c2c1. The van der Waals surface area contributed by atoms with E-state index in [1.807, 2.05) is 48.9 Å². The number of benzene rings is 2. The number of H-pyrrole nitrogens is 1. The van der Waals surface area contributed by atoms with Crippen LogP contribution < -0.4 is 4.74 Å². The number of ether oxygens (including phenoxy) is 1. The van der Waals surface area contributed by atoms with Crippen LogP contribution in [0.25, 0.3) is 38.9 Å². The lowest BCUT2D eigenvalue weighted by molar-refractivity contribution is 0.414. The third kappa shape index (κ3) is 2.64. The van der Waals surface area contributed by atoms with E-state index in [1.165, 1.54) is 0 Å². The Bertz CT molecular complexity index is 1270. The van der Waals surface area contributed by atoms with Crippen molar-refractivity contribution in [3.05, 3.63) is 72.3 Å². The van der Waals surface area contributed by atoms with Gasteiger partial charge in [-0.1, -0.05) is 17.7 Å². The topological polar surface area (TPSA) is 55.7 Å². The first-order chi connectivity index (χ1) is 13.2. The second kappa shape index (κ2) is 6.14. The van der Waals surface area contributed by atoms with E-state index in [-0.39, 0.29) is 0 Å². The summed E-state index contributed by atoms with van der Waals surface area (Å²) in [5, 5.41) is 1.73. The zero-order valence-electron chi connectivity index (χ0n) is 14.5. The van der Waals surface area contributed by atoms with Crippen LogP contribution >= 0.6 is 11.6 Å². The Hall–Kier alpha value is -3.31. The van der Waals surface area contributed by atoms with E-state index in [2.05, 4.69) is 31.7 Å². The third-order valence-corrected chi connectivity index (χ3v) is 4.96. The van der Waals surface area contributed by atoms with Crippen LogP contribution in [0.4, 0.5) is 0 Å². The number of hydrogen-bond acceptors (Lipinski definition) is 3. The van der Waals surface area contributed by atoms with Crippen molar-refractivity contribution in [2.24, 2.45) is 0 Å². The molecule has 1 N–H and O–H groups in total. The van der Waals surface area contributed by atoms with Gasteiger partial charge in [0.2, 0.25) is 0 Å². The fourth-order valence-electron chi connectivity index (χ4n) is 3.32. The number of rotatable bonds is 3. The molecule has 0 amide bonds. The van der Waals surface area contributed by atoms with Crippen molar-refractivity contribution in [2.75, 3.05) is 7.11 Å². The normalized spacial score (nSPS) is 11.3. The van der Waals surface area contributed by atoms with E-state index >= 15 is 0 Å². The van der Waals surface area contributed by atoms with E-state index in [9.17, 15) is 0 Å². The molecule has 0 aliphatic rings. The number of aromatic nitrogens is 4. The maximum absolute atomic E-state index is 6.02. The molecule has 0 fully saturated rings. The van der Waals surface area contributed by atoms with Gasteiger partial charge in [0.15, 0.2) is 0 Å². The molecule has 0 unspecified atom stereocenters. The summed E-state index contributed by atoms with van der Waals surface area (Å²) in [6.45, 7) is 0. The maximum Gasteiger partial charge on any atom is 0.138 e. The molecule has 0 saturated carbocycles. The quantitative estimate of drug-likeness (QED) is 0.470. The van der Waals surface area contributed by atoms with E-state index in [4.69, 9.17) is 16.3 Å². The zero-order valence-corrected chi connectivity index (χ0v) is 15.2. The van der Waals surface area contributed by atoms with Crippen LogP contribution in [0.3, 0.4) is 0 Å². The van der Waals surface area contributed by atoms with E-state index < -0.39 is 0 Å². The van der Waals surface area contributed by atoms with E-state index in [0.717, 1.165) is 44.6 Å². The largest absolute Gasteiger partial charge is 0.495 e. The highest BCUT2D eigenvalue weighted by Crippen LogP contribution is 2.32. The molecule has 5 nitrogen and oxygen atoms in total. The van der Waals surface area contributed by atoms with Crippen LogP contribution in [-0.4, -0.2) is 26.6 Å². The lowest BCUT2D eigenvalue weighted by atomic mass is 10.1. The first kappa shape index (κ1) is 15.9. The minimum atomic E-state index is 0.712. The molecular weight excluding hydrogens is 360 g/mol. The molecule has 5 aromatic rings. The Morgan fingerprint density at radius 2 is 1.89 bits per heavy atom. The summed E-state index contributed by atoms with van der Waals surface area (Å²) in [5.74, 6) is 0.732. The van der Waals surface area contributed by atoms with Gasteiger partial charge in [0, 0.05) is 27.9 Å². The number of nitrogens with one attached hydrogen (secondary N) is 1. The zero-order chi connectivity index (χ0) is 18.4. The van der Waals surface area contributed by atoms with Gasteiger partial charge in [-0.2, -0.15) is 0 Å². The van der Waals surface area contributed by atoms with Crippen LogP contribution in [0.15, 0.2) is 67.3 Å². The summed E-state index contributed by atoms with van der Waals surface area (Å²) < 4.78 is 7.38. The highest BCUT2D eigenvalue weighted by Gasteiger charge is 2.11. The molecular formula is C21H15ClN4O. The molecule has 0 atom stereocenters. The Labute approximate surface area is 160 Å².